The van der Waals surface area contributed by atoms with Gasteiger partial charge in [0.2, 0.25) is 0 Å². The third kappa shape index (κ3) is 2.99. The predicted molar refractivity (Wildman–Crippen MR) is 43.1 cm³/mol. The molecule has 0 fully saturated rings. The molecule has 1 N–H and O–H groups in total. The van der Waals surface area contributed by atoms with Crippen LogP contribution in [0.5, 0.6) is 5.75 Å². The fourth-order valence-corrected chi connectivity index (χ4v) is 1.02. The molecule has 0 aromatic heterocycles. The molecule has 1 radical (unpaired) electrons. The molecule has 0 aliphatic heterocycles. The van der Waals surface area contributed by atoms with E-state index in [0.29, 0.717) is 5.56 Å². The van der Waals surface area contributed by atoms with Crippen molar-refractivity contribution in [3.8, 4) is 5.75 Å². The molecule has 0 aliphatic rings. The molecule has 0 amide bonds. The molecule has 2 nitrogen and oxygen atoms in total. The highest BCUT2D eigenvalue weighted by Crippen LogP contribution is 2.19. The van der Waals surface area contributed by atoms with E-state index in [1.165, 1.54) is 12.1 Å². The lowest BCUT2D eigenvalue weighted by Crippen LogP contribution is -2.02. The summed E-state index contributed by atoms with van der Waals surface area (Å²) in [7, 11) is 0. The SMILES string of the molecule is Cc1cc([CH]O)cc(OC(F)F)c1. The van der Waals surface area contributed by atoms with Gasteiger partial charge in [-0.05, 0) is 30.2 Å². The van der Waals surface area contributed by atoms with Crippen molar-refractivity contribution < 1.29 is 18.6 Å². The summed E-state index contributed by atoms with van der Waals surface area (Å²) in [4.78, 5) is 0. The maximum Gasteiger partial charge on any atom is 0.387 e. The summed E-state index contributed by atoms with van der Waals surface area (Å²) in [6.45, 7) is -0.273. The van der Waals surface area contributed by atoms with Gasteiger partial charge in [-0.25, -0.2) is 0 Å². The molecule has 0 unspecified atom stereocenters. The Morgan fingerprint density at radius 3 is 2.62 bits per heavy atom. The summed E-state index contributed by atoms with van der Waals surface area (Å²) in [5, 5.41) is 8.65. The van der Waals surface area contributed by atoms with Gasteiger partial charge in [0.15, 0.2) is 0 Å². The number of ether oxygens (including phenoxy) is 1. The van der Waals surface area contributed by atoms with Gasteiger partial charge in [-0.15, -0.1) is 0 Å². The number of hydrogen-bond donors (Lipinski definition) is 1. The highest BCUT2D eigenvalue weighted by molar-refractivity contribution is 5.36. The van der Waals surface area contributed by atoms with Crippen molar-refractivity contribution in [2.24, 2.45) is 0 Å². The number of benzene rings is 1. The molecular formula is C9H9F2O2. The lowest BCUT2D eigenvalue weighted by atomic mass is 10.1. The fraction of sp³-hybridized carbons (Fsp3) is 0.222. The summed E-state index contributed by atoms with van der Waals surface area (Å²) in [6.07, 6.45) is 0. The first-order valence-electron chi connectivity index (χ1n) is 3.66. The van der Waals surface area contributed by atoms with Crippen LogP contribution in [0.2, 0.25) is 0 Å². The highest BCUT2D eigenvalue weighted by atomic mass is 19.3. The minimum atomic E-state index is -2.84. The monoisotopic (exact) mass is 187 g/mol. The number of hydrogen-bond acceptors (Lipinski definition) is 2. The summed E-state index contributed by atoms with van der Waals surface area (Å²) in [5.41, 5.74) is 1.19. The molecule has 1 aromatic carbocycles. The zero-order valence-electron chi connectivity index (χ0n) is 7.00. The van der Waals surface area contributed by atoms with Gasteiger partial charge in [0, 0.05) is 0 Å². The maximum absolute atomic E-state index is 11.8. The molecule has 71 valence electrons. The van der Waals surface area contributed by atoms with E-state index >= 15 is 0 Å². The lowest BCUT2D eigenvalue weighted by Gasteiger charge is -2.06. The molecule has 0 saturated heterocycles. The zero-order chi connectivity index (χ0) is 9.84. The zero-order valence-corrected chi connectivity index (χ0v) is 7.00. The van der Waals surface area contributed by atoms with E-state index in [1.807, 2.05) is 0 Å². The molecule has 1 aromatic rings. The molecule has 13 heavy (non-hydrogen) atoms. The second kappa shape index (κ2) is 4.18. The molecule has 0 heterocycles. The van der Waals surface area contributed by atoms with Gasteiger partial charge in [-0.2, -0.15) is 8.78 Å². The van der Waals surface area contributed by atoms with Gasteiger partial charge in [0.05, 0.1) is 0 Å². The van der Waals surface area contributed by atoms with Crippen LogP contribution in [-0.2, 0) is 0 Å². The average Bonchev–Trinajstić information content (AvgIpc) is 2.01. The third-order valence-electron chi connectivity index (χ3n) is 1.45. The van der Waals surface area contributed by atoms with Gasteiger partial charge in [-0.3, -0.25) is 0 Å². The summed E-state index contributed by atoms with van der Waals surface area (Å²) >= 11 is 0. The van der Waals surface area contributed by atoms with Gasteiger partial charge in [0.25, 0.3) is 0 Å². The average molecular weight is 187 g/mol. The number of halogens is 2. The van der Waals surface area contributed by atoms with Gasteiger partial charge in [-0.1, -0.05) is 6.07 Å². The molecule has 0 bridgehead atoms. The van der Waals surface area contributed by atoms with Crippen molar-refractivity contribution in [2.75, 3.05) is 0 Å². The molecule has 0 aliphatic carbocycles. The quantitative estimate of drug-likeness (QED) is 0.787. The number of aliphatic hydroxyl groups is 1. The maximum atomic E-state index is 11.8. The fourth-order valence-electron chi connectivity index (χ4n) is 1.02. The largest absolute Gasteiger partial charge is 0.435 e. The molecular weight excluding hydrogens is 178 g/mol. The Hall–Kier alpha value is -1.16. The van der Waals surface area contributed by atoms with Crippen molar-refractivity contribution in [3.05, 3.63) is 35.9 Å². The molecule has 0 spiro atoms. The first-order valence-corrected chi connectivity index (χ1v) is 3.66. The van der Waals surface area contributed by atoms with Crippen molar-refractivity contribution in [2.45, 2.75) is 13.5 Å². The van der Waals surface area contributed by atoms with E-state index in [4.69, 9.17) is 5.11 Å². The lowest BCUT2D eigenvalue weighted by molar-refractivity contribution is -0.0499. The molecule has 0 saturated carbocycles. The number of alkyl halides is 2. The number of rotatable bonds is 3. The van der Waals surface area contributed by atoms with Crippen LogP contribution in [0.25, 0.3) is 0 Å². The van der Waals surface area contributed by atoms with Crippen LogP contribution >= 0.6 is 0 Å². The molecule has 4 heteroatoms. The van der Waals surface area contributed by atoms with Gasteiger partial charge >= 0.3 is 6.61 Å². The van der Waals surface area contributed by atoms with E-state index in [1.54, 1.807) is 13.0 Å². The Morgan fingerprint density at radius 1 is 1.38 bits per heavy atom. The van der Waals surface area contributed by atoms with Crippen LogP contribution in [-0.4, -0.2) is 11.7 Å². The van der Waals surface area contributed by atoms with Gasteiger partial charge < -0.3 is 9.84 Å². The van der Waals surface area contributed by atoms with E-state index < -0.39 is 6.61 Å². The normalized spacial score (nSPS) is 10.5. The Morgan fingerprint density at radius 2 is 2.08 bits per heavy atom. The van der Waals surface area contributed by atoms with Crippen LogP contribution in [0.15, 0.2) is 18.2 Å². The van der Waals surface area contributed by atoms with Crippen molar-refractivity contribution in [1.82, 2.24) is 0 Å². The minimum absolute atomic E-state index is 0.0512. The van der Waals surface area contributed by atoms with Crippen molar-refractivity contribution in [3.63, 3.8) is 0 Å². The Kier molecular flexibility index (Phi) is 3.19. The second-order valence-corrected chi connectivity index (χ2v) is 2.59. The number of aliphatic hydroxyl groups excluding tert-OH is 1. The minimum Gasteiger partial charge on any atom is -0.435 e. The van der Waals surface area contributed by atoms with E-state index in [9.17, 15) is 8.78 Å². The van der Waals surface area contributed by atoms with Gasteiger partial charge in [0.1, 0.15) is 12.4 Å². The first-order chi connectivity index (χ1) is 6.11. The van der Waals surface area contributed by atoms with Crippen LogP contribution in [0.3, 0.4) is 0 Å². The van der Waals surface area contributed by atoms with Crippen LogP contribution in [0, 0.1) is 13.5 Å². The summed E-state index contributed by atoms with van der Waals surface area (Å²) in [6, 6.07) is 4.46. The Labute approximate surface area is 74.8 Å². The van der Waals surface area contributed by atoms with Crippen LogP contribution < -0.4 is 4.74 Å². The van der Waals surface area contributed by atoms with Crippen molar-refractivity contribution in [1.29, 1.82) is 0 Å². The van der Waals surface area contributed by atoms with Crippen molar-refractivity contribution >= 4 is 0 Å². The Balaban J connectivity index is 2.88. The van der Waals surface area contributed by atoms with E-state index in [-0.39, 0.29) is 5.75 Å². The predicted octanol–water partition coefficient (Wildman–Crippen LogP) is 2.48. The highest BCUT2D eigenvalue weighted by Gasteiger charge is 2.05. The molecule has 1 rings (SSSR count). The van der Waals surface area contributed by atoms with E-state index in [2.05, 4.69) is 4.74 Å². The number of aryl methyl sites for hydroxylation is 1. The summed E-state index contributed by atoms with van der Waals surface area (Å²) < 4.78 is 27.8. The smallest absolute Gasteiger partial charge is 0.387 e. The standard InChI is InChI=1S/C9H9F2O2/c1-6-2-7(5-12)4-8(3-6)13-9(10)11/h2-5,9,12H,1H3. The first kappa shape index (κ1) is 9.92. The second-order valence-electron chi connectivity index (χ2n) is 2.59. The van der Waals surface area contributed by atoms with Crippen LogP contribution in [0.1, 0.15) is 11.1 Å². The van der Waals surface area contributed by atoms with E-state index in [0.717, 1.165) is 12.2 Å². The summed E-state index contributed by atoms with van der Waals surface area (Å²) in [5.74, 6) is 0.0512. The van der Waals surface area contributed by atoms with Crippen LogP contribution in [0.4, 0.5) is 8.78 Å². The third-order valence-corrected chi connectivity index (χ3v) is 1.45. The molecule has 0 atom stereocenters. The Bertz CT molecular complexity index is 287. The topological polar surface area (TPSA) is 29.5 Å².